The van der Waals surface area contributed by atoms with Crippen molar-refractivity contribution in [3.63, 3.8) is 0 Å². The molecule has 0 saturated heterocycles. The molecule has 0 fully saturated rings. The first kappa shape index (κ1) is 23.2. The molecule has 2 unspecified atom stereocenters. The highest BCUT2D eigenvalue weighted by molar-refractivity contribution is 5.87. The third kappa shape index (κ3) is 5.19. The number of fused-ring (bicyclic) bond motifs is 1. The third-order valence-electron chi connectivity index (χ3n) is 5.80. The lowest BCUT2D eigenvalue weighted by molar-refractivity contribution is -0.157. The summed E-state index contributed by atoms with van der Waals surface area (Å²) < 4.78 is 79.2. The molecule has 0 radical (unpaired) electrons. The summed E-state index contributed by atoms with van der Waals surface area (Å²) in [4.78, 5) is 18.4. The van der Waals surface area contributed by atoms with Gasteiger partial charge in [-0.1, -0.05) is 6.08 Å². The molecule has 0 saturated carbocycles. The molecule has 3 aliphatic heterocycles. The molecule has 1 aromatic heterocycles. The zero-order valence-electron chi connectivity index (χ0n) is 17.7. The Bertz CT molecular complexity index is 1020. The van der Waals surface area contributed by atoms with E-state index in [1.165, 1.54) is 18.4 Å². The first-order chi connectivity index (χ1) is 15.5. The van der Waals surface area contributed by atoms with Gasteiger partial charge in [-0.05, 0) is 32.3 Å². The van der Waals surface area contributed by atoms with E-state index in [4.69, 9.17) is 0 Å². The summed E-state index contributed by atoms with van der Waals surface area (Å²) in [5, 5.41) is 2.98. The number of aromatic nitrogens is 2. The van der Waals surface area contributed by atoms with E-state index in [-0.39, 0.29) is 31.0 Å². The number of hydrogen-bond acceptors (Lipinski definition) is 6. The Kier molecular flexibility index (Phi) is 6.19. The van der Waals surface area contributed by atoms with Crippen molar-refractivity contribution in [1.82, 2.24) is 14.9 Å². The fourth-order valence-electron chi connectivity index (χ4n) is 4.10. The number of alkyl halides is 6. The van der Waals surface area contributed by atoms with E-state index in [0.717, 1.165) is 6.21 Å². The van der Waals surface area contributed by atoms with Crippen molar-refractivity contribution in [1.29, 1.82) is 0 Å². The van der Waals surface area contributed by atoms with Crippen molar-refractivity contribution in [3.05, 3.63) is 41.3 Å². The standard InChI is InChI=1S/C21H22F6N6/c1-12-30-16-7-10-33(19-15(21(25,26)27)3-2-8-28-19)9-6-14(16)18(31-12)32-17-5-4-13(11-29-17)20(22,23)24/h2,5,8,11,13,15H,3-4,6-7,9-10H2,1H3,(H,30,31,32). The maximum atomic E-state index is 13.5. The van der Waals surface area contributed by atoms with Gasteiger partial charge in [0.2, 0.25) is 0 Å². The van der Waals surface area contributed by atoms with Crippen LogP contribution in [0.2, 0.25) is 0 Å². The monoisotopic (exact) mass is 472 g/mol. The van der Waals surface area contributed by atoms with Gasteiger partial charge >= 0.3 is 12.4 Å². The van der Waals surface area contributed by atoms with Crippen molar-refractivity contribution >= 4 is 17.9 Å². The van der Waals surface area contributed by atoms with Crippen molar-refractivity contribution in [3.8, 4) is 0 Å². The predicted octanol–water partition coefficient (Wildman–Crippen LogP) is 4.59. The van der Waals surface area contributed by atoms with Crippen LogP contribution in [0.4, 0.5) is 32.2 Å². The van der Waals surface area contributed by atoms with Gasteiger partial charge in [0.25, 0.3) is 0 Å². The van der Waals surface area contributed by atoms with Crippen LogP contribution in [-0.2, 0) is 12.8 Å². The molecule has 1 aromatic rings. The highest BCUT2D eigenvalue weighted by Crippen LogP contribution is 2.35. The van der Waals surface area contributed by atoms with Crippen LogP contribution in [0, 0.1) is 18.8 Å². The van der Waals surface area contributed by atoms with Crippen molar-refractivity contribution in [2.75, 3.05) is 18.4 Å². The van der Waals surface area contributed by atoms with E-state index in [0.29, 0.717) is 42.3 Å². The normalized spacial score (nSPS) is 23.5. The van der Waals surface area contributed by atoms with Gasteiger partial charge in [0.15, 0.2) is 0 Å². The fraction of sp³-hybridized carbons (Fsp3) is 0.524. The number of nitrogens with one attached hydrogen (secondary N) is 1. The topological polar surface area (TPSA) is 65.8 Å². The van der Waals surface area contributed by atoms with E-state index in [1.807, 2.05) is 0 Å². The number of aryl methyl sites for hydroxylation is 1. The quantitative estimate of drug-likeness (QED) is 0.640. The molecule has 1 N–H and O–H groups in total. The van der Waals surface area contributed by atoms with Gasteiger partial charge in [-0.3, -0.25) is 0 Å². The van der Waals surface area contributed by atoms with Gasteiger partial charge in [0.05, 0.1) is 11.6 Å². The van der Waals surface area contributed by atoms with E-state index in [2.05, 4.69) is 25.3 Å². The summed E-state index contributed by atoms with van der Waals surface area (Å²) in [6.45, 7) is 2.28. The van der Waals surface area contributed by atoms with Gasteiger partial charge in [-0.15, -0.1) is 0 Å². The zero-order valence-corrected chi connectivity index (χ0v) is 17.7. The number of anilines is 1. The number of aliphatic imine (C=N–C) groups is 2. The molecule has 0 aliphatic carbocycles. The molecular formula is C21H22F6N6. The van der Waals surface area contributed by atoms with Gasteiger partial charge in [0.1, 0.15) is 29.2 Å². The average Bonchev–Trinajstić information content (AvgIpc) is 2.95. The first-order valence-electron chi connectivity index (χ1n) is 10.5. The Hall–Kier alpha value is -2.92. The first-order valence-corrected chi connectivity index (χ1v) is 10.5. The Balaban J connectivity index is 1.53. The lowest BCUT2D eigenvalue weighted by Gasteiger charge is -2.32. The van der Waals surface area contributed by atoms with Crippen LogP contribution < -0.4 is 5.32 Å². The molecule has 0 aromatic carbocycles. The lowest BCUT2D eigenvalue weighted by atomic mass is 10.0. The molecule has 4 heterocycles. The van der Waals surface area contributed by atoms with E-state index >= 15 is 0 Å². The molecular weight excluding hydrogens is 450 g/mol. The maximum absolute atomic E-state index is 13.5. The molecule has 178 valence electrons. The minimum Gasteiger partial charge on any atom is -0.359 e. The molecule has 0 spiro atoms. The van der Waals surface area contributed by atoms with Crippen molar-refractivity contribution in [2.45, 2.75) is 45.0 Å². The minimum atomic E-state index is -4.40. The number of hydrogen-bond donors (Lipinski definition) is 1. The van der Waals surface area contributed by atoms with Crippen LogP contribution in [0.5, 0.6) is 0 Å². The number of halogens is 6. The van der Waals surface area contributed by atoms with Gasteiger partial charge < -0.3 is 10.2 Å². The molecule has 3 aliphatic rings. The number of allylic oxidation sites excluding steroid dienone is 2. The molecule has 2 atom stereocenters. The van der Waals surface area contributed by atoms with E-state index in [9.17, 15) is 26.3 Å². The Morgan fingerprint density at radius 2 is 1.76 bits per heavy atom. The molecule has 0 bridgehead atoms. The average molecular weight is 472 g/mol. The SMILES string of the molecule is Cc1nc2c(c(NC3=CCC(C(F)(F)F)C=N3)n1)CCN(C1=NC=CCC1C(F)(F)F)CC2. The van der Waals surface area contributed by atoms with Crippen LogP contribution in [0.3, 0.4) is 0 Å². The summed E-state index contributed by atoms with van der Waals surface area (Å²) >= 11 is 0. The summed E-state index contributed by atoms with van der Waals surface area (Å²) in [5.41, 5.74) is 1.41. The lowest BCUT2D eigenvalue weighted by Crippen LogP contribution is -2.44. The van der Waals surface area contributed by atoms with Crippen LogP contribution in [0.1, 0.15) is 29.9 Å². The predicted molar refractivity (Wildman–Crippen MR) is 111 cm³/mol. The van der Waals surface area contributed by atoms with Crippen LogP contribution >= 0.6 is 0 Å². The van der Waals surface area contributed by atoms with Crippen molar-refractivity contribution < 1.29 is 26.3 Å². The van der Waals surface area contributed by atoms with E-state index in [1.54, 1.807) is 11.8 Å². The van der Waals surface area contributed by atoms with Gasteiger partial charge in [0, 0.05) is 37.5 Å². The Morgan fingerprint density at radius 3 is 2.42 bits per heavy atom. The van der Waals surface area contributed by atoms with Gasteiger partial charge in [-0.25, -0.2) is 20.0 Å². The second-order valence-electron chi connectivity index (χ2n) is 8.11. The summed E-state index contributed by atoms with van der Waals surface area (Å²) in [5.74, 6) is -2.19. The second-order valence-corrected chi connectivity index (χ2v) is 8.11. The largest absolute Gasteiger partial charge is 0.399 e. The summed E-state index contributed by atoms with van der Waals surface area (Å²) in [6.07, 6.45) is -3.36. The molecule has 0 amide bonds. The highest BCUT2D eigenvalue weighted by atomic mass is 19.4. The Morgan fingerprint density at radius 1 is 1.00 bits per heavy atom. The second kappa shape index (κ2) is 8.79. The maximum Gasteiger partial charge on any atom is 0.399 e. The molecule has 12 heteroatoms. The molecule has 4 rings (SSSR count). The number of nitrogens with zero attached hydrogens (tertiary/aromatic N) is 5. The number of amidine groups is 1. The fourth-order valence-corrected chi connectivity index (χ4v) is 4.10. The minimum absolute atomic E-state index is 0.00484. The Labute approximate surface area is 186 Å². The van der Waals surface area contributed by atoms with E-state index < -0.39 is 24.2 Å². The number of rotatable bonds is 2. The highest BCUT2D eigenvalue weighted by Gasteiger charge is 2.45. The zero-order chi connectivity index (χ0) is 23.8. The molecule has 6 nitrogen and oxygen atoms in total. The van der Waals surface area contributed by atoms with Crippen molar-refractivity contribution in [2.24, 2.45) is 21.8 Å². The third-order valence-corrected chi connectivity index (χ3v) is 5.80. The van der Waals surface area contributed by atoms with Crippen LogP contribution in [0.25, 0.3) is 0 Å². The smallest absolute Gasteiger partial charge is 0.359 e. The van der Waals surface area contributed by atoms with Gasteiger partial charge in [-0.2, -0.15) is 26.3 Å². The summed E-state index contributed by atoms with van der Waals surface area (Å²) in [7, 11) is 0. The summed E-state index contributed by atoms with van der Waals surface area (Å²) in [6, 6.07) is 0. The molecule has 33 heavy (non-hydrogen) atoms. The van der Waals surface area contributed by atoms with Crippen LogP contribution in [-0.4, -0.2) is 52.4 Å². The van der Waals surface area contributed by atoms with Crippen LogP contribution in [0.15, 0.2) is 34.2 Å².